The van der Waals surface area contributed by atoms with Gasteiger partial charge in [-0.25, -0.2) is 13.8 Å². The van der Waals surface area contributed by atoms with Gasteiger partial charge in [-0.2, -0.15) is 0 Å². The quantitative estimate of drug-likeness (QED) is 0.250. The minimum atomic E-state index is -2.56. The number of benzene rings is 2. The summed E-state index contributed by atoms with van der Waals surface area (Å²) in [6.07, 6.45) is 5.19. The molecule has 0 N–H and O–H groups in total. The summed E-state index contributed by atoms with van der Waals surface area (Å²) in [5.74, 6) is -2.22. The molecule has 7 rings (SSSR count). The summed E-state index contributed by atoms with van der Waals surface area (Å²) >= 11 is 0. The number of halogens is 2. The fourth-order valence-electron chi connectivity index (χ4n) is 6.59. The van der Waals surface area contributed by atoms with E-state index in [1.54, 1.807) is 0 Å². The highest BCUT2D eigenvalue weighted by atomic mass is 19.3. The number of alkyl halides is 2. The standard InChI is InChI=1S/C32H30F2N2O/c1-18-13-26-25-9-7-19(2)35-31(25)37-30(26)27(14-18)29-24-10-8-21(22-11-12-32(33,34)17-22)15-23(24)16-28(36-29)20-5-3-4-6-20/h7-10,13-16,20,22H,3-6,11-12,17H2,1-2H3. The van der Waals surface area contributed by atoms with E-state index in [9.17, 15) is 8.78 Å². The lowest BCUT2D eigenvalue weighted by molar-refractivity contribution is 0.00777. The van der Waals surface area contributed by atoms with Gasteiger partial charge in [-0.15, -0.1) is 0 Å². The van der Waals surface area contributed by atoms with Gasteiger partial charge in [0.2, 0.25) is 11.6 Å². The highest BCUT2D eigenvalue weighted by Gasteiger charge is 2.40. The highest BCUT2D eigenvalue weighted by Crippen LogP contribution is 2.46. The van der Waals surface area contributed by atoms with Crippen LogP contribution in [0, 0.1) is 13.8 Å². The smallest absolute Gasteiger partial charge is 0.248 e. The largest absolute Gasteiger partial charge is 0.437 e. The number of fused-ring (bicyclic) bond motifs is 4. The Kier molecular flexibility index (Phi) is 5.14. The minimum absolute atomic E-state index is 0.0224. The van der Waals surface area contributed by atoms with Crippen LogP contribution in [0.1, 0.15) is 79.3 Å². The van der Waals surface area contributed by atoms with E-state index >= 15 is 0 Å². The minimum Gasteiger partial charge on any atom is -0.437 e. The molecule has 37 heavy (non-hydrogen) atoms. The van der Waals surface area contributed by atoms with E-state index in [0.29, 0.717) is 18.1 Å². The number of hydrogen-bond donors (Lipinski definition) is 0. The molecule has 0 radical (unpaired) electrons. The molecule has 0 spiro atoms. The van der Waals surface area contributed by atoms with E-state index in [4.69, 9.17) is 9.40 Å². The van der Waals surface area contributed by atoms with Gasteiger partial charge in [0, 0.05) is 51.9 Å². The van der Waals surface area contributed by atoms with Gasteiger partial charge in [-0.05, 0) is 85.9 Å². The van der Waals surface area contributed by atoms with Crippen molar-refractivity contribution in [2.24, 2.45) is 0 Å². The first-order valence-electron chi connectivity index (χ1n) is 13.5. The summed E-state index contributed by atoms with van der Waals surface area (Å²) in [5.41, 5.74) is 7.49. The molecule has 5 heteroatoms. The Balaban J connectivity index is 1.47. The monoisotopic (exact) mass is 496 g/mol. The van der Waals surface area contributed by atoms with Crippen molar-refractivity contribution in [1.82, 2.24) is 9.97 Å². The molecule has 1 atom stereocenters. The molecule has 3 aromatic heterocycles. The zero-order chi connectivity index (χ0) is 25.3. The Labute approximate surface area is 214 Å². The number of nitrogens with zero attached hydrogens (tertiary/aromatic N) is 2. The normalized spacial score (nSPS) is 20.1. The number of rotatable bonds is 3. The van der Waals surface area contributed by atoms with Crippen molar-refractivity contribution >= 4 is 32.8 Å². The number of pyridine rings is 2. The Morgan fingerprint density at radius 3 is 2.43 bits per heavy atom. The zero-order valence-electron chi connectivity index (χ0n) is 21.3. The zero-order valence-corrected chi connectivity index (χ0v) is 21.3. The van der Waals surface area contributed by atoms with E-state index in [1.807, 2.05) is 19.1 Å². The first-order valence-corrected chi connectivity index (χ1v) is 13.5. The molecule has 188 valence electrons. The van der Waals surface area contributed by atoms with Crippen molar-refractivity contribution in [2.75, 3.05) is 0 Å². The molecule has 2 fully saturated rings. The van der Waals surface area contributed by atoms with Crippen LogP contribution in [-0.2, 0) is 0 Å². The third-order valence-corrected chi connectivity index (χ3v) is 8.50. The lowest BCUT2D eigenvalue weighted by Crippen LogP contribution is -2.09. The molecule has 0 aliphatic heterocycles. The molecule has 2 aliphatic rings. The second kappa shape index (κ2) is 8.34. The maximum Gasteiger partial charge on any atom is 0.248 e. The van der Waals surface area contributed by atoms with E-state index in [1.165, 1.54) is 12.8 Å². The molecule has 2 saturated carbocycles. The van der Waals surface area contributed by atoms with Gasteiger partial charge in [-0.1, -0.05) is 31.0 Å². The molecular formula is C32H30F2N2O. The van der Waals surface area contributed by atoms with Crippen molar-refractivity contribution < 1.29 is 13.2 Å². The van der Waals surface area contributed by atoms with Gasteiger partial charge in [0.05, 0.1) is 5.69 Å². The Hall–Kier alpha value is -3.34. The maximum atomic E-state index is 14.0. The van der Waals surface area contributed by atoms with Crippen LogP contribution in [0.2, 0.25) is 0 Å². The van der Waals surface area contributed by atoms with E-state index < -0.39 is 5.92 Å². The number of aromatic nitrogens is 2. The fraction of sp³-hybridized carbons (Fsp3) is 0.375. The average molecular weight is 497 g/mol. The molecule has 0 bridgehead atoms. The summed E-state index contributed by atoms with van der Waals surface area (Å²) in [7, 11) is 0. The number of furan rings is 1. The van der Waals surface area contributed by atoms with Crippen LogP contribution in [0.25, 0.3) is 44.1 Å². The average Bonchev–Trinajstić information content (AvgIpc) is 3.61. The molecule has 0 amide bonds. The van der Waals surface area contributed by atoms with Crippen molar-refractivity contribution in [3.05, 3.63) is 71.0 Å². The van der Waals surface area contributed by atoms with Crippen LogP contribution in [0.15, 0.2) is 52.9 Å². The van der Waals surface area contributed by atoms with Crippen LogP contribution >= 0.6 is 0 Å². The molecular weight excluding hydrogens is 466 g/mol. The van der Waals surface area contributed by atoms with Gasteiger partial charge in [0.1, 0.15) is 5.58 Å². The van der Waals surface area contributed by atoms with E-state index in [2.05, 4.69) is 48.3 Å². The van der Waals surface area contributed by atoms with Crippen molar-refractivity contribution in [3.8, 4) is 11.3 Å². The molecule has 0 saturated heterocycles. The Morgan fingerprint density at radius 1 is 0.838 bits per heavy atom. The first kappa shape index (κ1) is 22.8. The summed E-state index contributed by atoms with van der Waals surface area (Å²) in [6, 6.07) is 16.9. The Morgan fingerprint density at radius 2 is 1.65 bits per heavy atom. The van der Waals surface area contributed by atoms with Crippen molar-refractivity contribution in [1.29, 1.82) is 0 Å². The van der Waals surface area contributed by atoms with Gasteiger partial charge in [-0.3, -0.25) is 4.98 Å². The lowest BCUT2D eigenvalue weighted by Gasteiger charge is -2.17. The predicted octanol–water partition coefficient (Wildman–Crippen LogP) is 9.37. The van der Waals surface area contributed by atoms with Crippen LogP contribution in [0.4, 0.5) is 8.78 Å². The molecule has 3 heterocycles. The van der Waals surface area contributed by atoms with E-state index in [0.717, 1.165) is 73.7 Å². The van der Waals surface area contributed by atoms with Crippen LogP contribution in [-0.4, -0.2) is 15.9 Å². The molecule has 1 unspecified atom stereocenters. The third kappa shape index (κ3) is 3.91. The molecule has 5 aromatic rings. The van der Waals surface area contributed by atoms with Crippen LogP contribution in [0.3, 0.4) is 0 Å². The molecule has 2 aliphatic carbocycles. The van der Waals surface area contributed by atoms with Gasteiger partial charge >= 0.3 is 0 Å². The lowest BCUT2D eigenvalue weighted by atomic mass is 9.91. The second-order valence-corrected chi connectivity index (χ2v) is 11.2. The molecule has 2 aromatic carbocycles. The fourth-order valence-corrected chi connectivity index (χ4v) is 6.59. The maximum absolute atomic E-state index is 14.0. The van der Waals surface area contributed by atoms with Gasteiger partial charge in [0.25, 0.3) is 0 Å². The predicted molar refractivity (Wildman–Crippen MR) is 144 cm³/mol. The van der Waals surface area contributed by atoms with Crippen LogP contribution in [0.5, 0.6) is 0 Å². The van der Waals surface area contributed by atoms with E-state index in [-0.39, 0.29) is 18.8 Å². The van der Waals surface area contributed by atoms with Crippen molar-refractivity contribution in [2.45, 2.75) is 76.6 Å². The van der Waals surface area contributed by atoms with Crippen LogP contribution < -0.4 is 0 Å². The summed E-state index contributed by atoms with van der Waals surface area (Å²) < 4.78 is 34.4. The summed E-state index contributed by atoms with van der Waals surface area (Å²) in [4.78, 5) is 9.92. The summed E-state index contributed by atoms with van der Waals surface area (Å²) in [6.45, 7) is 4.07. The second-order valence-electron chi connectivity index (χ2n) is 11.2. The highest BCUT2D eigenvalue weighted by molar-refractivity contribution is 6.11. The van der Waals surface area contributed by atoms with Gasteiger partial charge in [0.15, 0.2) is 0 Å². The number of aryl methyl sites for hydroxylation is 2. The SMILES string of the molecule is Cc1cc(-c2nc(C3CCCC3)cc3cc(C4CCC(F)(F)C4)ccc23)c2oc3nc(C)ccc3c2c1. The molecule has 3 nitrogen and oxygen atoms in total. The van der Waals surface area contributed by atoms with Gasteiger partial charge < -0.3 is 4.42 Å². The summed E-state index contributed by atoms with van der Waals surface area (Å²) in [5, 5.41) is 4.17. The topological polar surface area (TPSA) is 38.9 Å². The third-order valence-electron chi connectivity index (χ3n) is 8.50. The van der Waals surface area contributed by atoms with Crippen molar-refractivity contribution in [3.63, 3.8) is 0 Å². The Bertz CT molecular complexity index is 1680. The first-order chi connectivity index (χ1) is 17.8. The number of hydrogen-bond acceptors (Lipinski definition) is 3.